The van der Waals surface area contributed by atoms with Gasteiger partial charge in [-0.15, -0.1) is 0 Å². The standard InChI is InChI=1S/C12H22N2O4/c1-12(2)11(17)13(3)7-9(10(15)16)8-14(12)5-6-18-4/h9H,5-8H2,1-4H3,(H,15,16). The summed E-state index contributed by atoms with van der Waals surface area (Å²) in [6.45, 7) is 5.29. The van der Waals surface area contributed by atoms with Crippen LogP contribution in [0, 0.1) is 5.92 Å². The van der Waals surface area contributed by atoms with Crippen molar-refractivity contribution in [3.05, 3.63) is 0 Å². The Balaban J connectivity index is 2.95. The van der Waals surface area contributed by atoms with E-state index in [1.807, 2.05) is 18.7 Å². The molecule has 1 atom stereocenters. The van der Waals surface area contributed by atoms with Crippen molar-refractivity contribution >= 4 is 11.9 Å². The Morgan fingerprint density at radius 1 is 1.50 bits per heavy atom. The van der Waals surface area contributed by atoms with Crippen LogP contribution in [0.15, 0.2) is 0 Å². The van der Waals surface area contributed by atoms with Crippen LogP contribution in [0.3, 0.4) is 0 Å². The highest BCUT2D eigenvalue weighted by Crippen LogP contribution is 2.23. The Bertz CT molecular complexity index is 330. The molecule has 0 bridgehead atoms. The number of hydrogen-bond acceptors (Lipinski definition) is 4. The summed E-state index contributed by atoms with van der Waals surface area (Å²) in [5, 5.41) is 9.18. The van der Waals surface area contributed by atoms with Crippen molar-refractivity contribution in [3.63, 3.8) is 0 Å². The number of carboxylic acid groups (broad SMARTS) is 1. The number of amides is 1. The van der Waals surface area contributed by atoms with Gasteiger partial charge in [-0.1, -0.05) is 0 Å². The van der Waals surface area contributed by atoms with E-state index in [1.54, 1.807) is 14.2 Å². The lowest BCUT2D eigenvalue weighted by atomic mass is 10.0. The molecule has 0 aromatic carbocycles. The fourth-order valence-corrected chi connectivity index (χ4v) is 2.30. The van der Waals surface area contributed by atoms with E-state index in [4.69, 9.17) is 4.74 Å². The van der Waals surface area contributed by atoms with Crippen LogP contribution in [0.5, 0.6) is 0 Å². The van der Waals surface area contributed by atoms with E-state index in [0.717, 1.165) is 0 Å². The molecule has 1 N–H and O–H groups in total. The van der Waals surface area contributed by atoms with E-state index in [-0.39, 0.29) is 12.5 Å². The third kappa shape index (κ3) is 3.00. The monoisotopic (exact) mass is 258 g/mol. The van der Waals surface area contributed by atoms with Gasteiger partial charge in [0.2, 0.25) is 5.91 Å². The minimum atomic E-state index is -0.866. The average molecular weight is 258 g/mol. The second-order valence-corrected chi connectivity index (χ2v) is 5.22. The van der Waals surface area contributed by atoms with Crippen LogP contribution >= 0.6 is 0 Å². The molecular formula is C12H22N2O4. The second-order valence-electron chi connectivity index (χ2n) is 5.22. The molecular weight excluding hydrogens is 236 g/mol. The van der Waals surface area contributed by atoms with Gasteiger partial charge in [-0.3, -0.25) is 14.5 Å². The molecule has 1 rings (SSSR count). The lowest BCUT2D eigenvalue weighted by Crippen LogP contribution is -2.54. The minimum Gasteiger partial charge on any atom is -0.481 e. The Morgan fingerprint density at radius 2 is 2.11 bits per heavy atom. The molecule has 0 aromatic rings. The molecule has 0 saturated carbocycles. The molecule has 104 valence electrons. The van der Waals surface area contributed by atoms with Crippen molar-refractivity contribution in [1.82, 2.24) is 9.80 Å². The van der Waals surface area contributed by atoms with Gasteiger partial charge in [0, 0.05) is 33.8 Å². The van der Waals surface area contributed by atoms with E-state index in [1.165, 1.54) is 4.90 Å². The number of carbonyl (C=O) groups excluding carboxylic acids is 1. The van der Waals surface area contributed by atoms with Gasteiger partial charge in [0.15, 0.2) is 0 Å². The van der Waals surface area contributed by atoms with Crippen LogP contribution in [0.1, 0.15) is 13.8 Å². The number of ether oxygens (including phenoxy) is 1. The average Bonchev–Trinajstić information content (AvgIpc) is 2.37. The summed E-state index contributed by atoms with van der Waals surface area (Å²) in [5.41, 5.74) is -0.697. The maximum atomic E-state index is 12.3. The molecule has 18 heavy (non-hydrogen) atoms. The predicted octanol–water partition coefficient (Wildman–Crippen LogP) is -0.114. The molecule has 0 aliphatic carbocycles. The summed E-state index contributed by atoms with van der Waals surface area (Å²) in [7, 11) is 3.24. The highest BCUT2D eigenvalue weighted by molar-refractivity contribution is 5.86. The van der Waals surface area contributed by atoms with Gasteiger partial charge < -0.3 is 14.7 Å². The van der Waals surface area contributed by atoms with Crippen LogP contribution in [-0.4, -0.2) is 72.7 Å². The first-order chi connectivity index (χ1) is 8.30. The topological polar surface area (TPSA) is 70.1 Å². The highest BCUT2D eigenvalue weighted by Gasteiger charge is 2.42. The van der Waals surface area contributed by atoms with Crippen molar-refractivity contribution in [2.24, 2.45) is 5.92 Å². The fourth-order valence-electron chi connectivity index (χ4n) is 2.30. The third-order valence-electron chi connectivity index (χ3n) is 3.51. The van der Waals surface area contributed by atoms with Crippen LogP contribution < -0.4 is 0 Å². The maximum absolute atomic E-state index is 12.3. The molecule has 0 spiro atoms. The summed E-state index contributed by atoms with van der Waals surface area (Å²) in [5.74, 6) is -1.48. The summed E-state index contributed by atoms with van der Waals surface area (Å²) in [4.78, 5) is 26.8. The van der Waals surface area contributed by atoms with Crippen LogP contribution in [0.4, 0.5) is 0 Å². The first-order valence-corrected chi connectivity index (χ1v) is 6.03. The molecule has 6 nitrogen and oxygen atoms in total. The molecule has 0 radical (unpaired) electrons. The third-order valence-corrected chi connectivity index (χ3v) is 3.51. The SMILES string of the molecule is COCCN1CC(C(=O)O)CN(C)C(=O)C1(C)C. The van der Waals surface area contributed by atoms with Crippen LogP contribution in [0.2, 0.25) is 0 Å². The van der Waals surface area contributed by atoms with Gasteiger partial charge in [-0.2, -0.15) is 0 Å². The smallest absolute Gasteiger partial charge is 0.309 e. The number of carbonyl (C=O) groups is 2. The summed E-state index contributed by atoms with van der Waals surface area (Å²) >= 11 is 0. The van der Waals surface area contributed by atoms with Gasteiger partial charge in [0.05, 0.1) is 18.1 Å². The number of aliphatic carboxylic acids is 1. The molecule has 1 aliphatic heterocycles. The van der Waals surface area contributed by atoms with Crippen molar-refractivity contribution in [2.75, 3.05) is 40.4 Å². The molecule has 1 fully saturated rings. The van der Waals surface area contributed by atoms with Gasteiger partial charge in [-0.25, -0.2) is 0 Å². The van der Waals surface area contributed by atoms with E-state index < -0.39 is 17.4 Å². The van der Waals surface area contributed by atoms with Gasteiger partial charge in [0.1, 0.15) is 0 Å². The fraction of sp³-hybridized carbons (Fsp3) is 0.833. The first kappa shape index (κ1) is 14.9. The molecule has 1 aliphatic rings. The van der Waals surface area contributed by atoms with Gasteiger partial charge >= 0.3 is 5.97 Å². The zero-order valence-electron chi connectivity index (χ0n) is 11.5. The van der Waals surface area contributed by atoms with Crippen LogP contribution in [0.25, 0.3) is 0 Å². The summed E-state index contributed by atoms with van der Waals surface area (Å²) < 4.78 is 5.02. The largest absolute Gasteiger partial charge is 0.481 e. The number of nitrogens with zero attached hydrogens (tertiary/aromatic N) is 2. The van der Waals surface area contributed by atoms with Crippen LogP contribution in [-0.2, 0) is 14.3 Å². The number of rotatable bonds is 4. The molecule has 6 heteroatoms. The zero-order chi connectivity index (χ0) is 13.9. The number of methoxy groups -OCH3 is 1. The Hall–Kier alpha value is -1.14. The Kier molecular flexibility index (Phi) is 4.70. The lowest BCUT2D eigenvalue weighted by molar-refractivity contribution is -0.142. The molecule has 1 amide bonds. The zero-order valence-corrected chi connectivity index (χ0v) is 11.5. The predicted molar refractivity (Wildman–Crippen MR) is 66.3 cm³/mol. The molecule has 1 unspecified atom stereocenters. The van der Waals surface area contributed by atoms with E-state index >= 15 is 0 Å². The maximum Gasteiger partial charge on any atom is 0.309 e. The number of hydrogen-bond donors (Lipinski definition) is 1. The highest BCUT2D eigenvalue weighted by atomic mass is 16.5. The quantitative estimate of drug-likeness (QED) is 0.761. The first-order valence-electron chi connectivity index (χ1n) is 6.03. The van der Waals surface area contributed by atoms with Crippen molar-refractivity contribution in [3.8, 4) is 0 Å². The van der Waals surface area contributed by atoms with Crippen molar-refractivity contribution in [1.29, 1.82) is 0 Å². The molecule has 1 saturated heterocycles. The molecule has 0 aromatic heterocycles. The summed E-state index contributed by atoms with van der Waals surface area (Å²) in [6.07, 6.45) is 0. The summed E-state index contributed by atoms with van der Waals surface area (Å²) in [6, 6.07) is 0. The number of carboxylic acids is 1. The normalized spacial score (nSPS) is 25.0. The van der Waals surface area contributed by atoms with E-state index in [9.17, 15) is 14.7 Å². The Labute approximate surface area is 107 Å². The van der Waals surface area contributed by atoms with Gasteiger partial charge in [0.25, 0.3) is 0 Å². The Morgan fingerprint density at radius 3 is 2.61 bits per heavy atom. The lowest BCUT2D eigenvalue weighted by Gasteiger charge is -2.36. The molecule has 1 heterocycles. The van der Waals surface area contributed by atoms with Crippen molar-refractivity contribution in [2.45, 2.75) is 19.4 Å². The van der Waals surface area contributed by atoms with E-state index in [0.29, 0.717) is 19.7 Å². The number of likely N-dealkylation sites (N-methyl/N-ethyl adjacent to an activating group) is 1. The van der Waals surface area contributed by atoms with E-state index in [2.05, 4.69) is 0 Å². The van der Waals surface area contributed by atoms with Gasteiger partial charge in [-0.05, 0) is 13.8 Å². The van der Waals surface area contributed by atoms with Crippen molar-refractivity contribution < 1.29 is 19.4 Å². The minimum absolute atomic E-state index is 0.0534. The second kappa shape index (κ2) is 5.67.